The number of benzene rings is 1. The minimum atomic E-state index is -4.73. The van der Waals surface area contributed by atoms with Crippen LogP contribution < -0.4 is 5.32 Å². The molecule has 0 aliphatic rings. The van der Waals surface area contributed by atoms with E-state index in [9.17, 15) is 23.3 Å². The molecule has 1 heterocycles. The first-order chi connectivity index (χ1) is 9.80. The van der Waals surface area contributed by atoms with Gasteiger partial charge in [0.2, 0.25) is 0 Å². The number of hydrogen-bond donors (Lipinski definition) is 2. The van der Waals surface area contributed by atoms with Gasteiger partial charge in [0, 0.05) is 29.9 Å². The van der Waals surface area contributed by atoms with Crippen molar-refractivity contribution >= 4 is 22.3 Å². The number of halogens is 3. The number of nitro groups is 1. The number of nitrogens with one attached hydrogen (secondary N) is 1. The standard InChI is InChI=1S/C12H10F3N3O3/c13-12(14,15)10(19)6-17-8-3-4-9(18(20)21)11-7(8)2-1-5-16-11/h1-5,10,17,19H,6H2. The Bertz CT molecular complexity index is 676. The zero-order valence-electron chi connectivity index (χ0n) is 10.5. The number of rotatable bonds is 4. The topological polar surface area (TPSA) is 88.3 Å². The second-order valence-corrected chi connectivity index (χ2v) is 4.23. The van der Waals surface area contributed by atoms with Crippen molar-refractivity contribution in [3.63, 3.8) is 0 Å². The van der Waals surface area contributed by atoms with Gasteiger partial charge in [-0.05, 0) is 18.2 Å². The third-order valence-corrected chi connectivity index (χ3v) is 2.81. The third kappa shape index (κ3) is 3.19. The SMILES string of the molecule is O=[N+]([O-])c1ccc(NCC(O)C(F)(F)F)c2cccnc12. The van der Waals surface area contributed by atoms with Crippen LogP contribution in [-0.2, 0) is 0 Å². The molecule has 1 aromatic heterocycles. The Morgan fingerprint density at radius 2 is 2.10 bits per heavy atom. The van der Waals surface area contributed by atoms with Gasteiger partial charge in [-0.15, -0.1) is 0 Å². The third-order valence-electron chi connectivity index (χ3n) is 2.81. The van der Waals surface area contributed by atoms with Crippen molar-refractivity contribution in [2.24, 2.45) is 0 Å². The highest BCUT2D eigenvalue weighted by molar-refractivity contribution is 5.96. The Hall–Kier alpha value is -2.42. The minimum Gasteiger partial charge on any atom is -0.382 e. The molecule has 9 heteroatoms. The highest BCUT2D eigenvalue weighted by Crippen LogP contribution is 2.30. The van der Waals surface area contributed by atoms with E-state index in [0.29, 0.717) is 5.39 Å². The van der Waals surface area contributed by atoms with E-state index >= 15 is 0 Å². The lowest BCUT2D eigenvalue weighted by Crippen LogP contribution is -2.35. The van der Waals surface area contributed by atoms with Crippen LogP contribution in [0.25, 0.3) is 10.9 Å². The molecule has 6 nitrogen and oxygen atoms in total. The van der Waals surface area contributed by atoms with Gasteiger partial charge in [-0.25, -0.2) is 4.98 Å². The maximum atomic E-state index is 12.2. The lowest BCUT2D eigenvalue weighted by molar-refractivity contribution is -0.383. The van der Waals surface area contributed by atoms with Crippen LogP contribution in [0.1, 0.15) is 0 Å². The summed E-state index contributed by atoms with van der Waals surface area (Å²) < 4.78 is 36.7. The number of aliphatic hydroxyl groups is 1. The smallest absolute Gasteiger partial charge is 0.382 e. The second-order valence-electron chi connectivity index (χ2n) is 4.23. The van der Waals surface area contributed by atoms with Crippen molar-refractivity contribution in [3.05, 3.63) is 40.6 Å². The summed E-state index contributed by atoms with van der Waals surface area (Å²) in [6, 6.07) is 5.44. The molecular formula is C12H10F3N3O3. The summed E-state index contributed by atoms with van der Waals surface area (Å²) in [5.41, 5.74) is 0.0496. The quantitative estimate of drug-likeness (QED) is 0.669. The van der Waals surface area contributed by atoms with E-state index in [2.05, 4.69) is 10.3 Å². The highest BCUT2D eigenvalue weighted by Gasteiger charge is 2.37. The van der Waals surface area contributed by atoms with Crippen molar-refractivity contribution in [3.8, 4) is 0 Å². The maximum Gasteiger partial charge on any atom is 0.416 e. The summed E-state index contributed by atoms with van der Waals surface area (Å²) in [4.78, 5) is 14.1. The zero-order chi connectivity index (χ0) is 15.6. The molecule has 2 rings (SSSR count). The highest BCUT2D eigenvalue weighted by atomic mass is 19.4. The van der Waals surface area contributed by atoms with Crippen molar-refractivity contribution in [2.75, 3.05) is 11.9 Å². The van der Waals surface area contributed by atoms with Crippen LogP contribution in [-0.4, -0.2) is 33.8 Å². The van der Waals surface area contributed by atoms with Crippen LogP contribution in [0.2, 0.25) is 0 Å². The molecule has 2 aromatic rings. The van der Waals surface area contributed by atoms with Crippen LogP contribution in [0.15, 0.2) is 30.5 Å². The van der Waals surface area contributed by atoms with E-state index in [0.717, 1.165) is 6.07 Å². The molecule has 1 atom stereocenters. The molecule has 0 bridgehead atoms. The van der Waals surface area contributed by atoms with Crippen molar-refractivity contribution in [1.29, 1.82) is 0 Å². The van der Waals surface area contributed by atoms with E-state index in [1.54, 1.807) is 0 Å². The first kappa shape index (κ1) is 15.0. The number of anilines is 1. The average molecular weight is 301 g/mol. The van der Waals surface area contributed by atoms with Gasteiger partial charge in [0.1, 0.15) is 5.52 Å². The molecule has 0 fully saturated rings. The average Bonchev–Trinajstić information content (AvgIpc) is 2.42. The number of aliphatic hydroxyl groups excluding tert-OH is 1. The molecule has 2 N–H and O–H groups in total. The molecule has 0 saturated carbocycles. The monoisotopic (exact) mass is 301 g/mol. The van der Waals surface area contributed by atoms with Crippen LogP contribution in [0, 0.1) is 10.1 Å². The van der Waals surface area contributed by atoms with E-state index in [4.69, 9.17) is 5.11 Å². The first-order valence-corrected chi connectivity index (χ1v) is 5.81. The molecule has 1 unspecified atom stereocenters. The van der Waals surface area contributed by atoms with Gasteiger partial charge in [-0.3, -0.25) is 10.1 Å². The summed E-state index contributed by atoms with van der Waals surface area (Å²) >= 11 is 0. The van der Waals surface area contributed by atoms with E-state index in [1.165, 1.54) is 24.4 Å². The molecule has 0 radical (unpaired) electrons. The van der Waals surface area contributed by atoms with Crippen molar-refractivity contribution in [1.82, 2.24) is 4.98 Å². The normalized spacial score (nSPS) is 13.1. The number of fused-ring (bicyclic) bond motifs is 1. The molecule has 0 aliphatic heterocycles. The first-order valence-electron chi connectivity index (χ1n) is 5.81. The van der Waals surface area contributed by atoms with Crippen LogP contribution in [0.3, 0.4) is 0 Å². The Morgan fingerprint density at radius 1 is 1.38 bits per heavy atom. The van der Waals surface area contributed by atoms with Gasteiger partial charge >= 0.3 is 6.18 Å². The van der Waals surface area contributed by atoms with Crippen LogP contribution in [0.4, 0.5) is 24.5 Å². The minimum absolute atomic E-state index is 0.0639. The van der Waals surface area contributed by atoms with Gasteiger partial charge < -0.3 is 10.4 Å². The lowest BCUT2D eigenvalue weighted by Gasteiger charge is -2.16. The van der Waals surface area contributed by atoms with Gasteiger partial charge in [0.15, 0.2) is 6.10 Å². The van der Waals surface area contributed by atoms with Crippen LogP contribution >= 0.6 is 0 Å². The fourth-order valence-electron chi connectivity index (χ4n) is 1.78. The predicted molar refractivity (Wildman–Crippen MR) is 68.9 cm³/mol. The molecule has 0 saturated heterocycles. The fourth-order valence-corrected chi connectivity index (χ4v) is 1.78. The summed E-state index contributed by atoms with van der Waals surface area (Å²) in [5, 5.41) is 22.6. The second kappa shape index (κ2) is 5.52. The van der Waals surface area contributed by atoms with Gasteiger partial charge in [-0.1, -0.05) is 0 Å². The fraction of sp³-hybridized carbons (Fsp3) is 0.250. The largest absolute Gasteiger partial charge is 0.416 e. The maximum absolute atomic E-state index is 12.2. The van der Waals surface area contributed by atoms with E-state index < -0.39 is 23.7 Å². The summed E-state index contributed by atoms with van der Waals surface area (Å²) in [6.07, 6.45) is -5.91. The van der Waals surface area contributed by atoms with Gasteiger partial charge in [0.05, 0.1) is 4.92 Å². The van der Waals surface area contributed by atoms with Gasteiger partial charge in [0.25, 0.3) is 5.69 Å². The Labute approximate surface area is 116 Å². The Morgan fingerprint density at radius 3 is 2.71 bits per heavy atom. The molecule has 0 aliphatic carbocycles. The Balaban J connectivity index is 2.34. The van der Waals surface area contributed by atoms with Gasteiger partial charge in [-0.2, -0.15) is 13.2 Å². The number of pyridine rings is 1. The molecule has 1 aromatic carbocycles. The summed E-state index contributed by atoms with van der Waals surface area (Å²) in [7, 11) is 0. The molecule has 21 heavy (non-hydrogen) atoms. The zero-order valence-corrected chi connectivity index (χ0v) is 10.5. The number of non-ortho nitro benzene ring substituents is 1. The summed E-state index contributed by atoms with van der Waals surface area (Å²) in [6.45, 7) is -0.759. The molecule has 112 valence electrons. The number of nitro benzene ring substituents is 1. The van der Waals surface area contributed by atoms with E-state index in [1.807, 2.05) is 0 Å². The number of aromatic nitrogens is 1. The van der Waals surface area contributed by atoms with Crippen molar-refractivity contribution in [2.45, 2.75) is 12.3 Å². The predicted octanol–water partition coefficient (Wildman–Crippen LogP) is 2.48. The number of nitrogens with zero attached hydrogens (tertiary/aromatic N) is 2. The van der Waals surface area contributed by atoms with Crippen LogP contribution in [0.5, 0.6) is 0 Å². The van der Waals surface area contributed by atoms with Crippen molar-refractivity contribution < 1.29 is 23.2 Å². The molecule has 0 spiro atoms. The molecular weight excluding hydrogens is 291 g/mol. The lowest BCUT2D eigenvalue weighted by atomic mass is 10.1. The molecule has 0 amide bonds. The number of hydrogen-bond acceptors (Lipinski definition) is 5. The van der Waals surface area contributed by atoms with E-state index in [-0.39, 0.29) is 16.9 Å². The summed E-state index contributed by atoms with van der Waals surface area (Å²) in [5.74, 6) is 0. The number of alkyl halides is 3. The Kier molecular flexibility index (Phi) is 3.94.